The number of carbonyl (C=O) groups excluding carboxylic acids is 1. The van der Waals surface area contributed by atoms with E-state index in [1.807, 2.05) is 0 Å². The zero-order valence-electron chi connectivity index (χ0n) is 10.7. The first kappa shape index (κ1) is 12.9. The number of aromatic hydroxyl groups is 1. The number of hydrogen-bond donors (Lipinski definition) is 3. The Kier molecular flexibility index (Phi) is 4.20. The van der Waals surface area contributed by atoms with Crippen LogP contribution >= 0.6 is 0 Å². The lowest BCUT2D eigenvalue weighted by molar-refractivity contribution is 0.0935. The Balaban J connectivity index is 1.99. The van der Waals surface area contributed by atoms with Crippen molar-refractivity contribution in [2.24, 2.45) is 0 Å². The van der Waals surface area contributed by atoms with Crippen molar-refractivity contribution in [3.8, 4) is 5.75 Å². The molecule has 2 rings (SSSR count). The van der Waals surface area contributed by atoms with Gasteiger partial charge in [0.2, 0.25) is 0 Å². The lowest BCUT2D eigenvalue weighted by Gasteiger charge is -2.16. The summed E-state index contributed by atoms with van der Waals surface area (Å²) in [6.07, 6.45) is 3.34. The normalized spacial score (nSPS) is 20.2. The SMILES string of the molecule is Cc1cc(C(=O)NC2CCCCNC2)ccc1O. The summed E-state index contributed by atoms with van der Waals surface area (Å²) in [6, 6.07) is 5.14. The van der Waals surface area contributed by atoms with Crippen molar-refractivity contribution < 1.29 is 9.90 Å². The Bertz CT molecular complexity index is 424. The van der Waals surface area contributed by atoms with Gasteiger partial charge < -0.3 is 15.7 Å². The first-order valence-corrected chi connectivity index (χ1v) is 6.48. The quantitative estimate of drug-likeness (QED) is 0.744. The minimum Gasteiger partial charge on any atom is -0.508 e. The molecule has 1 aromatic rings. The first-order chi connectivity index (χ1) is 8.66. The minimum atomic E-state index is -0.0631. The minimum absolute atomic E-state index is 0.0631. The van der Waals surface area contributed by atoms with Gasteiger partial charge in [-0.1, -0.05) is 6.42 Å². The Morgan fingerprint density at radius 3 is 3.06 bits per heavy atom. The summed E-state index contributed by atoms with van der Waals surface area (Å²) in [7, 11) is 0. The van der Waals surface area contributed by atoms with Crippen LogP contribution in [0.1, 0.15) is 35.2 Å². The number of aryl methyl sites for hydroxylation is 1. The number of nitrogens with one attached hydrogen (secondary N) is 2. The number of carbonyl (C=O) groups is 1. The third kappa shape index (κ3) is 3.23. The summed E-state index contributed by atoms with van der Waals surface area (Å²) in [5.41, 5.74) is 1.33. The second-order valence-electron chi connectivity index (χ2n) is 4.87. The van der Waals surface area contributed by atoms with E-state index in [1.165, 1.54) is 6.42 Å². The Labute approximate surface area is 107 Å². The maximum absolute atomic E-state index is 12.1. The predicted octanol–water partition coefficient (Wildman–Crippen LogP) is 1.57. The van der Waals surface area contributed by atoms with Crippen LogP contribution in [0.15, 0.2) is 18.2 Å². The van der Waals surface area contributed by atoms with Crippen LogP contribution in [0.5, 0.6) is 5.75 Å². The molecule has 1 saturated heterocycles. The molecule has 1 atom stereocenters. The predicted molar refractivity (Wildman–Crippen MR) is 70.8 cm³/mol. The fourth-order valence-corrected chi connectivity index (χ4v) is 2.21. The van der Waals surface area contributed by atoms with Crippen molar-refractivity contribution in [2.75, 3.05) is 13.1 Å². The number of phenolic OH excluding ortho intramolecular Hbond substituents is 1. The van der Waals surface area contributed by atoms with E-state index in [0.29, 0.717) is 5.56 Å². The lowest BCUT2D eigenvalue weighted by Crippen LogP contribution is -2.40. The number of hydrogen-bond acceptors (Lipinski definition) is 3. The molecule has 1 aromatic carbocycles. The van der Waals surface area contributed by atoms with Gasteiger partial charge in [-0.3, -0.25) is 4.79 Å². The highest BCUT2D eigenvalue weighted by Crippen LogP contribution is 2.17. The highest BCUT2D eigenvalue weighted by Gasteiger charge is 2.15. The second kappa shape index (κ2) is 5.87. The van der Waals surface area contributed by atoms with E-state index >= 15 is 0 Å². The van der Waals surface area contributed by atoms with Crippen molar-refractivity contribution >= 4 is 5.91 Å². The van der Waals surface area contributed by atoms with Crippen molar-refractivity contribution in [1.82, 2.24) is 10.6 Å². The number of benzene rings is 1. The van der Waals surface area contributed by atoms with Crippen molar-refractivity contribution in [3.63, 3.8) is 0 Å². The molecule has 0 spiro atoms. The largest absolute Gasteiger partial charge is 0.508 e. The lowest BCUT2D eigenvalue weighted by atomic mass is 10.1. The van der Waals surface area contributed by atoms with Crippen molar-refractivity contribution in [2.45, 2.75) is 32.2 Å². The van der Waals surface area contributed by atoms with E-state index in [9.17, 15) is 9.90 Å². The molecule has 1 fully saturated rings. The van der Waals surface area contributed by atoms with E-state index < -0.39 is 0 Å². The molecule has 1 aliphatic rings. The molecule has 98 valence electrons. The van der Waals surface area contributed by atoms with Gasteiger partial charge in [-0.15, -0.1) is 0 Å². The zero-order valence-corrected chi connectivity index (χ0v) is 10.7. The van der Waals surface area contributed by atoms with Gasteiger partial charge >= 0.3 is 0 Å². The standard InChI is InChI=1S/C14H20N2O2/c1-10-8-11(5-6-13(10)17)14(18)16-12-4-2-3-7-15-9-12/h5-6,8,12,15,17H,2-4,7,9H2,1H3,(H,16,18). The average molecular weight is 248 g/mol. The van der Waals surface area contributed by atoms with Crippen LogP contribution in [0.4, 0.5) is 0 Å². The Morgan fingerprint density at radius 2 is 2.28 bits per heavy atom. The molecule has 0 radical (unpaired) electrons. The molecule has 0 aromatic heterocycles. The van der Waals surface area contributed by atoms with Gasteiger partial charge in [0, 0.05) is 18.2 Å². The van der Waals surface area contributed by atoms with E-state index in [1.54, 1.807) is 25.1 Å². The highest BCUT2D eigenvalue weighted by molar-refractivity contribution is 5.94. The molecule has 18 heavy (non-hydrogen) atoms. The van der Waals surface area contributed by atoms with Gasteiger partial charge in [0.15, 0.2) is 0 Å². The van der Waals surface area contributed by atoms with E-state index in [0.717, 1.165) is 31.5 Å². The summed E-state index contributed by atoms with van der Waals surface area (Å²) < 4.78 is 0. The van der Waals surface area contributed by atoms with Gasteiger partial charge in [-0.25, -0.2) is 0 Å². The van der Waals surface area contributed by atoms with Crippen LogP contribution in [0.25, 0.3) is 0 Å². The fourth-order valence-electron chi connectivity index (χ4n) is 2.21. The van der Waals surface area contributed by atoms with Crippen LogP contribution in [-0.4, -0.2) is 30.1 Å². The van der Waals surface area contributed by atoms with Crippen molar-refractivity contribution in [1.29, 1.82) is 0 Å². The molecule has 1 amide bonds. The topological polar surface area (TPSA) is 61.4 Å². The Hall–Kier alpha value is -1.55. The number of amides is 1. The maximum atomic E-state index is 12.1. The van der Waals surface area contributed by atoms with Crippen LogP contribution < -0.4 is 10.6 Å². The number of phenols is 1. The number of rotatable bonds is 2. The molecule has 1 heterocycles. The molecule has 1 aliphatic heterocycles. The molecule has 4 nitrogen and oxygen atoms in total. The van der Waals surface area contributed by atoms with Crippen LogP contribution in [-0.2, 0) is 0 Å². The molecule has 0 bridgehead atoms. The Morgan fingerprint density at radius 1 is 1.44 bits per heavy atom. The zero-order chi connectivity index (χ0) is 13.0. The molecular weight excluding hydrogens is 228 g/mol. The first-order valence-electron chi connectivity index (χ1n) is 6.48. The van der Waals surface area contributed by atoms with Crippen molar-refractivity contribution in [3.05, 3.63) is 29.3 Å². The molecule has 4 heteroatoms. The summed E-state index contributed by atoms with van der Waals surface area (Å²) in [5.74, 6) is 0.162. The van der Waals surface area contributed by atoms with Gasteiger partial charge in [0.1, 0.15) is 5.75 Å². The van der Waals surface area contributed by atoms with Crippen LogP contribution in [0.3, 0.4) is 0 Å². The van der Waals surface area contributed by atoms with E-state index in [2.05, 4.69) is 10.6 Å². The maximum Gasteiger partial charge on any atom is 0.251 e. The summed E-state index contributed by atoms with van der Waals surface area (Å²) in [6.45, 7) is 3.66. The van der Waals surface area contributed by atoms with Gasteiger partial charge in [0.05, 0.1) is 0 Å². The van der Waals surface area contributed by atoms with E-state index in [-0.39, 0.29) is 17.7 Å². The van der Waals surface area contributed by atoms with Crippen LogP contribution in [0, 0.1) is 6.92 Å². The third-order valence-corrected chi connectivity index (χ3v) is 3.34. The van der Waals surface area contributed by atoms with Gasteiger partial charge in [-0.05, 0) is 50.1 Å². The second-order valence-corrected chi connectivity index (χ2v) is 4.87. The highest BCUT2D eigenvalue weighted by atomic mass is 16.3. The fraction of sp³-hybridized carbons (Fsp3) is 0.500. The molecular formula is C14H20N2O2. The summed E-state index contributed by atoms with van der Waals surface area (Å²) in [5, 5.41) is 15.8. The summed E-state index contributed by atoms with van der Waals surface area (Å²) >= 11 is 0. The third-order valence-electron chi connectivity index (χ3n) is 3.34. The van der Waals surface area contributed by atoms with Gasteiger partial charge in [-0.2, -0.15) is 0 Å². The smallest absolute Gasteiger partial charge is 0.251 e. The molecule has 0 aliphatic carbocycles. The average Bonchev–Trinajstić information content (AvgIpc) is 2.61. The molecule has 0 saturated carbocycles. The monoisotopic (exact) mass is 248 g/mol. The van der Waals surface area contributed by atoms with Crippen LogP contribution in [0.2, 0.25) is 0 Å². The molecule has 1 unspecified atom stereocenters. The van der Waals surface area contributed by atoms with E-state index in [4.69, 9.17) is 0 Å². The summed E-state index contributed by atoms with van der Waals surface area (Å²) in [4.78, 5) is 12.1. The molecule has 3 N–H and O–H groups in total. The van der Waals surface area contributed by atoms with Gasteiger partial charge in [0.25, 0.3) is 5.91 Å².